The van der Waals surface area contributed by atoms with Crippen molar-refractivity contribution in [3.8, 4) is 0 Å². The first-order valence-electron chi connectivity index (χ1n) is 6.23. The summed E-state index contributed by atoms with van der Waals surface area (Å²) in [7, 11) is -0.902. The molecule has 1 aromatic heterocycles. The lowest BCUT2D eigenvalue weighted by atomic mass is 10.2. The van der Waals surface area contributed by atoms with E-state index in [-0.39, 0.29) is 5.91 Å². The molecule has 0 fully saturated rings. The predicted octanol–water partition coefficient (Wildman–Crippen LogP) is 3.03. The summed E-state index contributed by atoms with van der Waals surface area (Å²) in [6, 6.07) is 9.09. The zero-order valence-electron chi connectivity index (χ0n) is 11.7. The maximum atomic E-state index is 12.2. The molecule has 106 valence electrons. The summed E-state index contributed by atoms with van der Waals surface area (Å²) in [5.74, 6) is 1.59. The van der Waals surface area contributed by atoms with E-state index in [9.17, 15) is 9.00 Å². The van der Waals surface area contributed by atoms with Crippen LogP contribution in [0.25, 0.3) is 0 Å². The van der Waals surface area contributed by atoms with Crippen LogP contribution in [0.4, 0.5) is 5.69 Å². The van der Waals surface area contributed by atoms with Gasteiger partial charge in [-0.05, 0) is 37.6 Å². The van der Waals surface area contributed by atoms with Gasteiger partial charge in [-0.1, -0.05) is 12.1 Å². The van der Waals surface area contributed by atoms with E-state index in [1.54, 1.807) is 26.2 Å². The van der Waals surface area contributed by atoms with E-state index in [0.29, 0.717) is 28.5 Å². The highest BCUT2D eigenvalue weighted by Crippen LogP contribution is 2.17. The van der Waals surface area contributed by atoms with Crippen molar-refractivity contribution < 1.29 is 13.4 Å². The van der Waals surface area contributed by atoms with Crippen LogP contribution in [0.1, 0.15) is 27.4 Å². The SMILES string of the molecule is Cc1cc(C(=O)Nc2cccc(C[S@@](C)=O)c2)c(C)o1. The Morgan fingerprint density at radius 1 is 1.30 bits per heavy atom. The molecular weight excluding hydrogens is 274 g/mol. The van der Waals surface area contributed by atoms with Crippen LogP contribution in [0.3, 0.4) is 0 Å². The third-order valence-corrected chi connectivity index (χ3v) is 3.58. The summed E-state index contributed by atoms with van der Waals surface area (Å²) >= 11 is 0. The molecule has 20 heavy (non-hydrogen) atoms. The number of amides is 1. The average molecular weight is 291 g/mol. The Kier molecular flexibility index (Phi) is 4.39. The van der Waals surface area contributed by atoms with Gasteiger partial charge in [0.05, 0.1) is 5.56 Å². The Morgan fingerprint density at radius 2 is 2.05 bits per heavy atom. The lowest BCUT2D eigenvalue weighted by molar-refractivity contribution is 0.102. The van der Waals surface area contributed by atoms with Gasteiger partial charge in [0.1, 0.15) is 11.5 Å². The third-order valence-electron chi connectivity index (χ3n) is 2.84. The highest BCUT2D eigenvalue weighted by Gasteiger charge is 2.13. The summed E-state index contributed by atoms with van der Waals surface area (Å²) in [4.78, 5) is 12.2. The second kappa shape index (κ2) is 6.05. The minimum Gasteiger partial charge on any atom is -0.466 e. The molecule has 0 saturated carbocycles. The van der Waals surface area contributed by atoms with Gasteiger partial charge in [0.15, 0.2) is 0 Å². The standard InChI is InChI=1S/C15H17NO3S/c1-10-7-14(11(2)19-10)15(17)16-13-6-4-5-12(8-13)9-20(3)18/h4-8H,9H2,1-3H3,(H,16,17)/t20-/m1/s1. The van der Waals surface area contributed by atoms with Crippen LogP contribution in [-0.4, -0.2) is 16.4 Å². The van der Waals surface area contributed by atoms with Crippen molar-refractivity contribution in [2.45, 2.75) is 19.6 Å². The molecule has 1 aromatic carbocycles. The van der Waals surface area contributed by atoms with Gasteiger partial charge in [0, 0.05) is 28.5 Å². The Labute approximate surface area is 120 Å². The van der Waals surface area contributed by atoms with E-state index in [2.05, 4.69) is 5.32 Å². The molecule has 0 aliphatic carbocycles. The van der Waals surface area contributed by atoms with E-state index in [1.165, 1.54) is 0 Å². The second-order valence-corrected chi connectivity index (χ2v) is 6.13. The molecule has 0 spiro atoms. The second-order valence-electron chi connectivity index (χ2n) is 4.70. The molecule has 0 radical (unpaired) electrons. The van der Waals surface area contributed by atoms with Crippen LogP contribution in [0, 0.1) is 13.8 Å². The molecule has 5 heteroatoms. The van der Waals surface area contributed by atoms with E-state index in [0.717, 1.165) is 5.56 Å². The van der Waals surface area contributed by atoms with Gasteiger partial charge in [-0.2, -0.15) is 0 Å². The normalized spacial score (nSPS) is 12.2. The van der Waals surface area contributed by atoms with Crippen molar-refractivity contribution in [3.63, 3.8) is 0 Å². The fourth-order valence-electron chi connectivity index (χ4n) is 2.03. The van der Waals surface area contributed by atoms with Gasteiger partial charge in [0.25, 0.3) is 5.91 Å². The number of hydrogen-bond acceptors (Lipinski definition) is 3. The lowest BCUT2D eigenvalue weighted by Crippen LogP contribution is -2.12. The summed E-state index contributed by atoms with van der Waals surface area (Å²) in [6.45, 7) is 3.57. The maximum absolute atomic E-state index is 12.2. The number of benzene rings is 1. The van der Waals surface area contributed by atoms with Gasteiger partial charge >= 0.3 is 0 Å². The first-order valence-corrected chi connectivity index (χ1v) is 7.96. The fraction of sp³-hybridized carbons (Fsp3) is 0.267. The van der Waals surface area contributed by atoms with Gasteiger partial charge in [0.2, 0.25) is 0 Å². The number of anilines is 1. The van der Waals surface area contributed by atoms with Crippen molar-refractivity contribution >= 4 is 22.4 Å². The van der Waals surface area contributed by atoms with Gasteiger partial charge in [-0.25, -0.2) is 0 Å². The molecular formula is C15H17NO3S. The Morgan fingerprint density at radius 3 is 2.65 bits per heavy atom. The number of hydrogen-bond donors (Lipinski definition) is 1. The molecule has 2 aromatic rings. The third kappa shape index (κ3) is 3.57. The monoisotopic (exact) mass is 291 g/mol. The number of carbonyl (C=O) groups is 1. The van der Waals surface area contributed by atoms with Crippen molar-refractivity contribution in [1.82, 2.24) is 0 Å². The van der Waals surface area contributed by atoms with Crippen LogP contribution in [0.15, 0.2) is 34.7 Å². The van der Waals surface area contributed by atoms with E-state index < -0.39 is 10.8 Å². The predicted molar refractivity (Wildman–Crippen MR) is 80.3 cm³/mol. The largest absolute Gasteiger partial charge is 0.466 e. The van der Waals surface area contributed by atoms with Gasteiger partial charge in [-0.3, -0.25) is 9.00 Å². The molecule has 0 saturated heterocycles. The lowest BCUT2D eigenvalue weighted by Gasteiger charge is -2.06. The minimum atomic E-state index is -0.902. The number of aryl methyl sites for hydroxylation is 2. The van der Waals surface area contributed by atoms with Crippen LogP contribution in [-0.2, 0) is 16.6 Å². The number of furan rings is 1. The number of rotatable bonds is 4. The van der Waals surface area contributed by atoms with E-state index in [1.807, 2.05) is 24.3 Å². The Balaban J connectivity index is 2.15. The Hall–Kier alpha value is -1.88. The first kappa shape index (κ1) is 14.5. The fourth-order valence-corrected chi connectivity index (χ4v) is 2.68. The first-order chi connectivity index (χ1) is 9.45. The summed E-state index contributed by atoms with van der Waals surface area (Å²) in [5.41, 5.74) is 2.16. The zero-order chi connectivity index (χ0) is 14.7. The van der Waals surface area contributed by atoms with Gasteiger partial charge in [-0.15, -0.1) is 0 Å². The minimum absolute atomic E-state index is 0.200. The van der Waals surface area contributed by atoms with Crippen molar-refractivity contribution in [3.05, 3.63) is 53.0 Å². The summed E-state index contributed by atoms with van der Waals surface area (Å²) < 4.78 is 16.6. The molecule has 0 aliphatic heterocycles. The summed E-state index contributed by atoms with van der Waals surface area (Å²) in [6.07, 6.45) is 1.66. The quantitative estimate of drug-likeness (QED) is 0.942. The molecule has 2 rings (SSSR count). The highest BCUT2D eigenvalue weighted by molar-refractivity contribution is 7.83. The molecule has 0 bridgehead atoms. The Bertz CT molecular complexity index is 661. The smallest absolute Gasteiger partial charge is 0.259 e. The van der Waals surface area contributed by atoms with Crippen molar-refractivity contribution in [2.75, 3.05) is 11.6 Å². The molecule has 1 N–H and O–H groups in total. The zero-order valence-corrected chi connectivity index (χ0v) is 12.5. The van der Waals surface area contributed by atoms with Crippen LogP contribution in [0.5, 0.6) is 0 Å². The van der Waals surface area contributed by atoms with E-state index in [4.69, 9.17) is 4.42 Å². The van der Waals surface area contributed by atoms with Crippen molar-refractivity contribution in [2.24, 2.45) is 0 Å². The highest BCUT2D eigenvalue weighted by atomic mass is 32.2. The van der Waals surface area contributed by atoms with E-state index >= 15 is 0 Å². The summed E-state index contributed by atoms with van der Waals surface area (Å²) in [5, 5.41) is 2.83. The van der Waals surface area contributed by atoms with Crippen LogP contribution in [0.2, 0.25) is 0 Å². The molecule has 1 heterocycles. The molecule has 0 unspecified atom stereocenters. The van der Waals surface area contributed by atoms with Gasteiger partial charge < -0.3 is 9.73 Å². The molecule has 1 amide bonds. The molecule has 4 nitrogen and oxygen atoms in total. The van der Waals surface area contributed by atoms with Crippen LogP contribution < -0.4 is 5.32 Å². The number of nitrogens with one attached hydrogen (secondary N) is 1. The topological polar surface area (TPSA) is 59.3 Å². The molecule has 0 aliphatic rings. The average Bonchev–Trinajstić information content (AvgIpc) is 2.68. The molecule has 1 atom stereocenters. The van der Waals surface area contributed by atoms with Crippen molar-refractivity contribution in [1.29, 1.82) is 0 Å². The maximum Gasteiger partial charge on any atom is 0.259 e. The number of carbonyl (C=O) groups excluding carboxylic acids is 1. The van der Waals surface area contributed by atoms with Crippen LogP contribution >= 0.6 is 0 Å².